The molecule has 0 saturated carbocycles. The van der Waals surface area contributed by atoms with Crippen LogP contribution in [0.1, 0.15) is 34.6 Å². The molecule has 1 radical (unpaired) electrons. The Balaban J connectivity index is 2.94. The fraction of sp³-hybridized carbons (Fsp3) is 0.692. The zero-order chi connectivity index (χ0) is 11.8. The third-order valence-corrected chi connectivity index (χ3v) is 3.62. The molecule has 1 aliphatic rings. The van der Waals surface area contributed by atoms with E-state index in [-0.39, 0.29) is 0 Å². The standard InChI is InChI=1S/C13H23OSi/c1-9-10(2)12(14-15(6)7)8-11(9)13(3,4)5/h8,11H,1-7H3. The van der Waals surface area contributed by atoms with Crippen molar-refractivity contribution in [1.82, 2.24) is 0 Å². The molecule has 0 aromatic heterocycles. The van der Waals surface area contributed by atoms with Gasteiger partial charge in [-0.3, -0.25) is 0 Å². The summed E-state index contributed by atoms with van der Waals surface area (Å²) >= 11 is 0. The molecule has 0 heterocycles. The molecule has 1 atom stereocenters. The first-order valence-corrected chi connectivity index (χ1v) is 8.02. The van der Waals surface area contributed by atoms with Crippen LogP contribution < -0.4 is 0 Å². The SMILES string of the molecule is CC1=C(C)C(C(C)(C)C)C=C1O[Si](C)C. The van der Waals surface area contributed by atoms with Crippen LogP contribution in [0.15, 0.2) is 23.0 Å². The van der Waals surface area contributed by atoms with Gasteiger partial charge in [-0.1, -0.05) is 26.3 Å². The molecule has 0 saturated heterocycles. The third-order valence-electron chi connectivity index (χ3n) is 2.99. The van der Waals surface area contributed by atoms with Crippen LogP contribution in [0.25, 0.3) is 0 Å². The van der Waals surface area contributed by atoms with E-state index in [1.807, 2.05) is 0 Å². The van der Waals surface area contributed by atoms with Gasteiger partial charge in [-0.2, -0.15) is 0 Å². The molecule has 0 aliphatic heterocycles. The van der Waals surface area contributed by atoms with Crippen molar-refractivity contribution in [3.63, 3.8) is 0 Å². The predicted octanol–water partition coefficient (Wildman–Crippen LogP) is 4.15. The smallest absolute Gasteiger partial charge is 0.274 e. The Labute approximate surface area is 95.9 Å². The lowest BCUT2D eigenvalue weighted by Crippen LogP contribution is -2.18. The molecule has 0 aromatic carbocycles. The topological polar surface area (TPSA) is 9.23 Å². The van der Waals surface area contributed by atoms with Crippen LogP contribution in [-0.2, 0) is 4.43 Å². The van der Waals surface area contributed by atoms with Crippen molar-refractivity contribution in [2.45, 2.75) is 47.7 Å². The molecule has 1 nitrogen and oxygen atoms in total. The normalized spacial score (nSPS) is 22.4. The van der Waals surface area contributed by atoms with E-state index in [9.17, 15) is 0 Å². The van der Waals surface area contributed by atoms with Gasteiger partial charge in [0.15, 0.2) is 0 Å². The van der Waals surface area contributed by atoms with E-state index in [1.165, 1.54) is 11.1 Å². The first-order valence-electron chi connectivity index (χ1n) is 5.61. The minimum Gasteiger partial charge on any atom is -0.543 e. The largest absolute Gasteiger partial charge is 0.543 e. The maximum Gasteiger partial charge on any atom is 0.274 e. The lowest BCUT2D eigenvalue weighted by Gasteiger charge is -2.26. The zero-order valence-electron chi connectivity index (χ0n) is 11.1. The predicted molar refractivity (Wildman–Crippen MR) is 68.0 cm³/mol. The summed E-state index contributed by atoms with van der Waals surface area (Å²) < 4.78 is 5.92. The van der Waals surface area contributed by atoms with Gasteiger partial charge in [0.2, 0.25) is 0 Å². The molecule has 0 N–H and O–H groups in total. The van der Waals surface area contributed by atoms with Gasteiger partial charge in [0.1, 0.15) is 5.76 Å². The second-order valence-electron chi connectivity index (χ2n) is 5.69. The summed E-state index contributed by atoms with van der Waals surface area (Å²) in [5, 5.41) is 0. The van der Waals surface area contributed by atoms with Gasteiger partial charge < -0.3 is 4.43 Å². The van der Waals surface area contributed by atoms with Crippen LogP contribution >= 0.6 is 0 Å². The molecule has 15 heavy (non-hydrogen) atoms. The van der Waals surface area contributed by atoms with E-state index in [4.69, 9.17) is 4.43 Å². The Hall–Kier alpha value is -0.503. The van der Waals surface area contributed by atoms with Crippen LogP contribution in [0, 0.1) is 11.3 Å². The van der Waals surface area contributed by atoms with Gasteiger partial charge >= 0.3 is 0 Å². The Kier molecular flexibility index (Phi) is 3.49. The van der Waals surface area contributed by atoms with Crippen LogP contribution in [0.3, 0.4) is 0 Å². The lowest BCUT2D eigenvalue weighted by atomic mass is 9.78. The monoisotopic (exact) mass is 223 g/mol. The molecule has 2 heteroatoms. The molecule has 85 valence electrons. The first kappa shape index (κ1) is 12.6. The van der Waals surface area contributed by atoms with Crippen LogP contribution in [0.2, 0.25) is 13.1 Å². The summed E-state index contributed by atoms with van der Waals surface area (Å²) in [5.41, 5.74) is 3.12. The molecule has 1 unspecified atom stereocenters. The number of hydrogen-bond acceptors (Lipinski definition) is 1. The van der Waals surface area contributed by atoms with Gasteiger partial charge in [0.25, 0.3) is 9.04 Å². The maximum atomic E-state index is 5.92. The van der Waals surface area contributed by atoms with Crippen molar-refractivity contribution in [3.8, 4) is 0 Å². The molecule has 1 aliphatic carbocycles. The van der Waals surface area contributed by atoms with Crippen molar-refractivity contribution >= 4 is 9.04 Å². The minimum atomic E-state index is -0.644. The summed E-state index contributed by atoms with van der Waals surface area (Å²) in [7, 11) is -0.644. The van der Waals surface area contributed by atoms with E-state index < -0.39 is 9.04 Å². The second-order valence-corrected chi connectivity index (χ2v) is 7.71. The highest BCUT2D eigenvalue weighted by Crippen LogP contribution is 2.41. The Morgan fingerprint density at radius 2 is 1.73 bits per heavy atom. The minimum absolute atomic E-state index is 0.296. The first-order chi connectivity index (χ1) is 6.73. The van der Waals surface area contributed by atoms with E-state index in [0.29, 0.717) is 11.3 Å². The molecule has 0 spiro atoms. The van der Waals surface area contributed by atoms with E-state index in [1.54, 1.807) is 0 Å². The molecule has 0 fully saturated rings. The molecule has 0 aromatic rings. The van der Waals surface area contributed by atoms with Crippen LogP contribution in [0.4, 0.5) is 0 Å². The number of hydrogen-bond donors (Lipinski definition) is 0. The number of rotatable bonds is 2. The Morgan fingerprint density at radius 1 is 1.20 bits per heavy atom. The third kappa shape index (κ3) is 2.74. The average Bonchev–Trinajstić information content (AvgIpc) is 2.30. The highest BCUT2D eigenvalue weighted by molar-refractivity contribution is 6.48. The summed E-state index contributed by atoms with van der Waals surface area (Å²) in [4.78, 5) is 0. The van der Waals surface area contributed by atoms with Crippen LogP contribution in [0.5, 0.6) is 0 Å². The maximum absolute atomic E-state index is 5.92. The summed E-state index contributed by atoms with van der Waals surface area (Å²) in [6.07, 6.45) is 2.31. The van der Waals surface area contributed by atoms with Crippen molar-refractivity contribution in [3.05, 3.63) is 23.0 Å². The zero-order valence-corrected chi connectivity index (χ0v) is 12.1. The van der Waals surface area contributed by atoms with Crippen molar-refractivity contribution in [2.75, 3.05) is 0 Å². The average molecular weight is 223 g/mol. The fourth-order valence-electron chi connectivity index (χ4n) is 2.06. The van der Waals surface area contributed by atoms with Crippen molar-refractivity contribution in [1.29, 1.82) is 0 Å². The highest BCUT2D eigenvalue weighted by atomic mass is 28.3. The van der Waals surface area contributed by atoms with E-state index >= 15 is 0 Å². The number of allylic oxidation sites excluding steroid dienone is 3. The van der Waals surface area contributed by atoms with E-state index in [2.05, 4.69) is 53.8 Å². The summed E-state index contributed by atoms with van der Waals surface area (Å²) in [6.45, 7) is 15.6. The summed E-state index contributed by atoms with van der Waals surface area (Å²) in [6, 6.07) is 0. The molecular formula is C13H23OSi. The highest BCUT2D eigenvalue weighted by Gasteiger charge is 2.31. The van der Waals surface area contributed by atoms with Crippen molar-refractivity contribution < 1.29 is 4.43 Å². The Bertz CT molecular complexity index is 305. The fourth-order valence-corrected chi connectivity index (χ4v) is 2.72. The van der Waals surface area contributed by atoms with Gasteiger partial charge in [0, 0.05) is 5.92 Å². The van der Waals surface area contributed by atoms with Gasteiger partial charge in [0.05, 0.1) is 0 Å². The quantitative estimate of drug-likeness (QED) is 0.639. The molecule has 0 bridgehead atoms. The molecular weight excluding hydrogens is 200 g/mol. The van der Waals surface area contributed by atoms with E-state index in [0.717, 1.165) is 5.76 Å². The van der Waals surface area contributed by atoms with Crippen molar-refractivity contribution in [2.24, 2.45) is 11.3 Å². The molecule has 1 rings (SSSR count). The Morgan fingerprint density at radius 3 is 2.07 bits per heavy atom. The van der Waals surface area contributed by atoms with Crippen LogP contribution in [-0.4, -0.2) is 9.04 Å². The van der Waals surface area contributed by atoms with Gasteiger partial charge in [-0.25, -0.2) is 0 Å². The molecule has 0 amide bonds. The second kappa shape index (κ2) is 4.16. The van der Waals surface area contributed by atoms with Gasteiger partial charge in [-0.05, 0) is 44.0 Å². The lowest BCUT2D eigenvalue weighted by molar-refractivity contribution is 0.330. The van der Waals surface area contributed by atoms with Gasteiger partial charge in [-0.15, -0.1) is 0 Å². The summed E-state index contributed by atoms with van der Waals surface area (Å²) in [5.74, 6) is 1.67.